The van der Waals surface area contributed by atoms with E-state index < -0.39 is 17.3 Å². The molecule has 0 atom stereocenters. The van der Waals surface area contributed by atoms with E-state index in [1.54, 1.807) is 24.3 Å². The van der Waals surface area contributed by atoms with Crippen LogP contribution in [0, 0.1) is 0 Å². The number of esters is 1. The first-order valence-electron chi connectivity index (χ1n) is 10.9. The Morgan fingerprint density at radius 2 is 1.49 bits per heavy atom. The summed E-state index contributed by atoms with van der Waals surface area (Å²) in [6.45, 7) is 1.60. The molecule has 1 N–H and O–H groups in total. The van der Waals surface area contributed by atoms with Crippen LogP contribution < -0.4 is 20.2 Å². The summed E-state index contributed by atoms with van der Waals surface area (Å²) in [5.41, 5.74) is 3.33. The summed E-state index contributed by atoms with van der Waals surface area (Å²) in [6, 6.07) is 25.6. The number of rotatable bonds is 8. The van der Waals surface area contributed by atoms with Gasteiger partial charge >= 0.3 is 5.97 Å². The molecule has 1 amide bonds. The van der Waals surface area contributed by atoms with E-state index in [0.29, 0.717) is 11.3 Å². The number of amides is 1. The zero-order valence-electron chi connectivity index (χ0n) is 19.0. The van der Waals surface area contributed by atoms with Crippen molar-refractivity contribution in [2.75, 3.05) is 0 Å². The molecule has 35 heavy (non-hydrogen) atoms. The van der Waals surface area contributed by atoms with E-state index in [0.717, 1.165) is 23.0 Å². The molecule has 176 valence electrons. The van der Waals surface area contributed by atoms with Gasteiger partial charge in [0.05, 0.1) is 6.26 Å². The van der Waals surface area contributed by atoms with Crippen LogP contribution >= 0.6 is 0 Å². The molecule has 0 saturated heterocycles. The first kappa shape index (κ1) is 23.5. The van der Waals surface area contributed by atoms with Gasteiger partial charge in [0.15, 0.2) is 0 Å². The number of benzene rings is 3. The van der Waals surface area contributed by atoms with Crippen molar-refractivity contribution >= 4 is 11.9 Å². The lowest BCUT2D eigenvalue weighted by molar-refractivity contribution is -0.131. The fraction of sp³-hybridized carbons (Fsp3) is 0.107. The van der Waals surface area contributed by atoms with Crippen LogP contribution in [0.5, 0.6) is 11.5 Å². The molecule has 0 spiro atoms. The molecular weight excluding hydrogens is 446 g/mol. The van der Waals surface area contributed by atoms with E-state index in [4.69, 9.17) is 13.9 Å². The van der Waals surface area contributed by atoms with Crippen LogP contribution in [0.1, 0.15) is 28.6 Å². The van der Waals surface area contributed by atoms with Gasteiger partial charge in [-0.25, -0.2) is 0 Å². The molecule has 4 rings (SSSR count). The predicted octanol–water partition coefficient (Wildman–Crippen LogP) is 4.74. The molecule has 1 aromatic heterocycles. The number of hydrogen-bond donors (Lipinski definition) is 1. The molecular formula is C28H23NO6. The van der Waals surface area contributed by atoms with Crippen LogP contribution in [0.4, 0.5) is 0 Å². The first-order chi connectivity index (χ1) is 17.0. The van der Waals surface area contributed by atoms with Gasteiger partial charge < -0.3 is 19.2 Å². The fourth-order valence-electron chi connectivity index (χ4n) is 3.38. The molecule has 0 aliphatic carbocycles. The molecule has 4 aromatic rings. The lowest BCUT2D eigenvalue weighted by atomic mass is 10.0. The molecule has 0 unspecified atom stereocenters. The molecule has 0 bridgehead atoms. The van der Waals surface area contributed by atoms with Crippen molar-refractivity contribution in [3.05, 3.63) is 118 Å². The topological polar surface area (TPSA) is 94.8 Å². The number of hydrogen-bond acceptors (Lipinski definition) is 6. The van der Waals surface area contributed by atoms with Crippen molar-refractivity contribution < 1.29 is 23.5 Å². The third-order valence-corrected chi connectivity index (χ3v) is 5.12. The minimum atomic E-state index is -0.560. The van der Waals surface area contributed by atoms with Gasteiger partial charge in [-0.1, -0.05) is 66.7 Å². The first-order valence-corrected chi connectivity index (χ1v) is 10.9. The highest BCUT2D eigenvalue weighted by Gasteiger charge is 2.19. The smallest absolute Gasteiger partial charge is 0.308 e. The van der Waals surface area contributed by atoms with Crippen molar-refractivity contribution in [3.63, 3.8) is 0 Å². The highest BCUT2D eigenvalue weighted by atomic mass is 16.5. The SMILES string of the molecule is CC(=O)Oc1ccc(COc2c(C(=O)NCc3ccc(-c4ccccc4)cc3)occc2=O)cc1. The second-order valence-electron chi connectivity index (χ2n) is 7.71. The minimum absolute atomic E-state index is 0.0242. The maximum atomic E-state index is 12.8. The molecule has 1 heterocycles. The Morgan fingerprint density at radius 3 is 2.17 bits per heavy atom. The van der Waals surface area contributed by atoms with E-state index in [1.807, 2.05) is 54.6 Å². The van der Waals surface area contributed by atoms with Gasteiger partial charge in [-0.2, -0.15) is 0 Å². The monoisotopic (exact) mass is 469 g/mol. The van der Waals surface area contributed by atoms with Crippen molar-refractivity contribution in [3.8, 4) is 22.6 Å². The molecule has 3 aromatic carbocycles. The standard InChI is InChI=1S/C28H23NO6/c1-19(30)35-24-13-9-21(10-14-24)18-34-26-25(31)15-16-33-27(26)28(32)29-17-20-7-11-23(12-8-20)22-5-3-2-4-6-22/h2-16H,17-18H2,1H3,(H,29,32). The van der Waals surface area contributed by atoms with Gasteiger partial charge in [-0.3, -0.25) is 14.4 Å². The van der Waals surface area contributed by atoms with E-state index >= 15 is 0 Å². The van der Waals surface area contributed by atoms with Crippen LogP contribution in [0.15, 0.2) is 100 Å². The third kappa shape index (κ3) is 6.23. The van der Waals surface area contributed by atoms with Gasteiger partial charge in [0, 0.05) is 19.5 Å². The van der Waals surface area contributed by atoms with Crippen molar-refractivity contribution in [1.82, 2.24) is 5.32 Å². The Labute approximate surface area is 201 Å². The molecule has 7 heteroatoms. The van der Waals surface area contributed by atoms with E-state index in [1.165, 1.54) is 13.0 Å². The Kier molecular flexibility index (Phi) is 7.37. The zero-order valence-corrected chi connectivity index (χ0v) is 19.0. The number of ether oxygens (including phenoxy) is 2. The lowest BCUT2D eigenvalue weighted by Gasteiger charge is -2.11. The van der Waals surface area contributed by atoms with Gasteiger partial charge in [0.25, 0.3) is 5.91 Å². The average molecular weight is 469 g/mol. The van der Waals surface area contributed by atoms with Crippen LogP contribution in [-0.2, 0) is 17.9 Å². The summed E-state index contributed by atoms with van der Waals surface area (Å²) in [5.74, 6) is -0.950. The highest BCUT2D eigenvalue weighted by molar-refractivity contribution is 5.93. The van der Waals surface area contributed by atoms with E-state index in [2.05, 4.69) is 5.32 Å². The van der Waals surface area contributed by atoms with Crippen LogP contribution in [0.2, 0.25) is 0 Å². The highest BCUT2D eigenvalue weighted by Crippen LogP contribution is 2.20. The molecule has 0 saturated carbocycles. The Morgan fingerprint density at radius 1 is 0.829 bits per heavy atom. The Hall–Kier alpha value is -4.65. The minimum Gasteiger partial charge on any atom is -0.481 e. The maximum absolute atomic E-state index is 12.8. The van der Waals surface area contributed by atoms with Gasteiger partial charge in [-0.15, -0.1) is 0 Å². The Balaban J connectivity index is 1.40. The van der Waals surface area contributed by atoms with Crippen molar-refractivity contribution in [1.29, 1.82) is 0 Å². The maximum Gasteiger partial charge on any atom is 0.308 e. The number of nitrogens with one attached hydrogen (secondary N) is 1. The quantitative estimate of drug-likeness (QED) is 0.296. The van der Waals surface area contributed by atoms with Gasteiger partial charge in [-0.05, 0) is 34.4 Å². The number of carbonyl (C=O) groups excluding carboxylic acids is 2. The van der Waals surface area contributed by atoms with Crippen LogP contribution in [0.25, 0.3) is 11.1 Å². The summed E-state index contributed by atoms with van der Waals surface area (Å²) in [4.78, 5) is 36.2. The second kappa shape index (κ2) is 11.0. The zero-order chi connectivity index (χ0) is 24.6. The average Bonchev–Trinajstić information content (AvgIpc) is 2.88. The summed E-state index contributed by atoms with van der Waals surface area (Å²) in [5, 5.41) is 2.77. The summed E-state index contributed by atoms with van der Waals surface area (Å²) in [7, 11) is 0. The van der Waals surface area contributed by atoms with Crippen LogP contribution in [0.3, 0.4) is 0 Å². The molecule has 0 radical (unpaired) electrons. The lowest BCUT2D eigenvalue weighted by Crippen LogP contribution is -2.25. The van der Waals surface area contributed by atoms with E-state index in [-0.39, 0.29) is 24.7 Å². The molecule has 0 aliphatic rings. The Bertz CT molecular complexity index is 1360. The van der Waals surface area contributed by atoms with E-state index in [9.17, 15) is 14.4 Å². The summed E-state index contributed by atoms with van der Waals surface area (Å²) in [6.07, 6.45) is 1.16. The fourth-order valence-corrected chi connectivity index (χ4v) is 3.38. The van der Waals surface area contributed by atoms with Gasteiger partial charge in [0.1, 0.15) is 12.4 Å². The summed E-state index contributed by atoms with van der Waals surface area (Å²) >= 11 is 0. The molecule has 0 fully saturated rings. The predicted molar refractivity (Wildman–Crippen MR) is 130 cm³/mol. The second-order valence-corrected chi connectivity index (χ2v) is 7.71. The third-order valence-electron chi connectivity index (χ3n) is 5.12. The van der Waals surface area contributed by atoms with Crippen LogP contribution in [-0.4, -0.2) is 11.9 Å². The normalized spacial score (nSPS) is 10.4. The molecule has 7 nitrogen and oxygen atoms in total. The van der Waals surface area contributed by atoms with Gasteiger partial charge in [0.2, 0.25) is 16.9 Å². The van der Waals surface area contributed by atoms with Crippen molar-refractivity contribution in [2.45, 2.75) is 20.1 Å². The molecule has 0 aliphatic heterocycles. The summed E-state index contributed by atoms with van der Waals surface area (Å²) < 4.78 is 16.0. The number of carbonyl (C=O) groups is 2. The largest absolute Gasteiger partial charge is 0.481 e. The van der Waals surface area contributed by atoms with Crippen molar-refractivity contribution in [2.24, 2.45) is 0 Å².